The van der Waals surface area contributed by atoms with E-state index in [0.29, 0.717) is 5.69 Å². The zero-order chi connectivity index (χ0) is 18.4. The van der Waals surface area contributed by atoms with Crippen LogP contribution in [0.15, 0.2) is 23.6 Å². The predicted molar refractivity (Wildman–Crippen MR) is 89.9 cm³/mol. The number of amides is 1. The summed E-state index contributed by atoms with van der Waals surface area (Å²) < 4.78 is 9.34. The Labute approximate surface area is 151 Å². The van der Waals surface area contributed by atoms with Crippen LogP contribution in [0.5, 0.6) is 5.75 Å². The molecule has 132 valence electrons. The second-order valence-electron chi connectivity index (χ2n) is 4.68. The lowest BCUT2D eigenvalue weighted by atomic mass is 10.2. The van der Waals surface area contributed by atoms with Crippen LogP contribution in [0, 0.1) is 0 Å². The molecule has 1 aromatic carbocycles. The fourth-order valence-corrected chi connectivity index (χ4v) is 2.60. The third kappa shape index (κ3) is 5.44. The number of halogens is 1. The second kappa shape index (κ2) is 8.45. The number of phenolic OH excluding ortho intramolecular Hbond substituents is 1. The third-order valence-corrected chi connectivity index (χ3v) is 3.91. The Balaban J connectivity index is 1.86. The molecule has 2 N–H and O–H groups in total. The fraction of sp³-hybridized carbons (Fsp3) is 0.200. The Morgan fingerprint density at radius 3 is 2.80 bits per heavy atom. The number of hydrogen-bond acceptors (Lipinski definition) is 8. The van der Waals surface area contributed by atoms with Gasteiger partial charge in [0, 0.05) is 10.4 Å². The number of carbonyl (C=O) groups excluding carboxylic acids is 3. The molecule has 0 aliphatic heterocycles. The lowest BCUT2D eigenvalue weighted by Crippen LogP contribution is -2.21. The van der Waals surface area contributed by atoms with Crippen molar-refractivity contribution in [3.8, 4) is 5.75 Å². The highest BCUT2D eigenvalue weighted by Gasteiger charge is 2.16. The standard InChI is InChI=1S/C15H13ClN2O6S/c1-23-13(21)5-9-7-25-15(17-9)18-12(20)6-24-14(22)10-3-2-8(16)4-11(10)19/h2-4,7,19H,5-6H2,1H3,(H,17,18,20). The van der Waals surface area contributed by atoms with Crippen molar-refractivity contribution in [3.63, 3.8) is 0 Å². The minimum atomic E-state index is -0.866. The maximum atomic E-state index is 11.8. The van der Waals surface area contributed by atoms with Gasteiger partial charge in [-0.05, 0) is 18.2 Å². The number of carbonyl (C=O) groups is 3. The van der Waals surface area contributed by atoms with Crippen LogP contribution in [-0.2, 0) is 25.5 Å². The highest BCUT2D eigenvalue weighted by Crippen LogP contribution is 2.22. The SMILES string of the molecule is COC(=O)Cc1csc(NC(=O)COC(=O)c2ccc(Cl)cc2O)n1. The molecule has 0 unspecified atom stereocenters. The van der Waals surface area contributed by atoms with Gasteiger partial charge in [-0.15, -0.1) is 11.3 Å². The van der Waals surface area contributed by atoms with Crippen molar-refractivity contribution in [1.82, 2.24) is 4.98 Å². The molecule has 0 atom stereocenters. The summed E-state index contributed by atoms with van der Waals surface area (Å²) in [6.45, 7) is -0.563. The zero-order valence-electron chi connectivity index (χ0n) is 12.9. The van der Waals surface area contributed by atoms with Gasteiger partial charge in [0.15, 0.2) is 11.7 Å². The van der Waals surface area contributed by atoms with Crippen LogP contribution in [-0.4, -0.2) is 41.7 Å². The molecule has 1 heterocycles. The molecular weight excluding hydrogens is 372 g/mol. The van der Waals surface area contributed by atoms with Gasteiger partial charge in [-0.3, -0.25) is 14.9 Å². The molecule has 25 heavy (non-hydrogen) atoms. The molecule has 0 aliphatic rings. The summed E-state index contributed by atoms with van der Waals surface area (Å²) in [5.74, 6) is -2.26. The molecule has 0 fully saturated rings. The van der Waals surface area contributed by atoms with Gasteiger partial charge in [0.1, 0.15) is 11.3 Å². The Morgan fingerprint density at radius 2 is 2.12 bits per heavy atom. The molecule has 0 radical (unpaired) electrons. The van der Waals surface area contributed by atoms with Crippen LogP contribution in [0.2, 0.25) is 5.02 Å². The first-order valence-electron chi connectivity index (χ1n) is 6.85. The summed E-state index contributed by atoms with van der Waals surface area (Å²) in [5, 5.41) is 14.2. The molecular formula is C15H13ClN2O6S. The van der Waals surface area contributed by atoms with Crippen LogP contribution < -0.4 is 5.32 Å². The van der Waals surface area contributed by atoms with E-state index in [0.717, 1.165) is 11.3 Å². The number of anilines is 1. The number of phenols is 1. The second-order valence-corrected chi connectivity index (χ2v) is 5.98. The van der Waals surface area contributed by atoms with Crippen molar-refractivity contribution in [3.05, 3.63) is 39.9 Å². The summed E-state index contributed by atoms with van der Waals surface area (Å²) in [6.07, 6.45) is -0.00625. The van der Waals surface area contributed by atoms with E-state index in [1.807, 2.05) is 0 Å². The minimum Gasteiger partial charge on any atom is -0.507 e. The van der Waals surface area contributed by atoms with E-state index in [9.17, 15) is 19.5 Å². The summed E-state index contributed by atoms with van der Waals surface area (Å²) in [4.78, 5) is 38.8. The maximum absolute atomic E-state index is 11.8. The van der Waals surface area contributed by atoms with Gasteiger partial charge in [0.25, 0.3) is 5.91 Å². The van der Waals surface area contributed by atoms with Crippen LogP contribution in [0.25, 0.3) is 0 Å². The highest BCUT2D eigenvalue weighted by atomic mass is 35.5. The van der Waals surface area contributed by atoms with E-state index < -0.39 is 24.5 Å². The Hall–Kier alpha value is -2.65. The van der Waals surface area contributed by atoms with Gasteiger partial charge < -0.3 is 14.6 Å². The largest absolute Gasteiger partial charge is 0.507 e. The van der Waals surface area contributed by atoms with E-state index in [-0.39, 0.29) is 27.9 Å². The smallest absolute Gasteiger partial charge is 0.342 e. The summed E-state index contributed by atoms with van der Waals surface area (Å²) >= 11 is 6.79. The van der Waals surface area contributed by atoms with Crippen molar-refractivity contribution < 1.29 is 29.0 Å². The number of esters is 2. The molecule has 10 heteroatoms. The number of hydrogen-bond donors (Lipinski definition) is 2. The zero-order valence-corrected chi connectivity index (χ0v) is 14.5. The maximum Gasteiger partial charge on any atom is 0.342 e. The van der Waals surface area contributed by atoms with Crippen molar-refractivity contribution in [2.24, 2.45) is 0 Å². The number of nitrogens with zero attached hydrogens (tertiary/aromatic N) is 1. The number of nitrogens with one attached hydrogen (secondary N) is 1. The van der Waals surface area contributed by atoms with Gasteiger partial charge in [-0.1, -0.05) is 11.6 Å². The first-order chi connectivity index (χ1) is 11.9. The molecule has 8 nitrogen and oxygen atoms in total. The van der Waals surface area contributed by atoms with Crippen molar-refractivity contribution >= 4 is 45.9 Å². The number of benzene rings is 1. The third-order valence-electron chi connectivity index (χ3n) is 2.87. The number of aromatic nitrogens is 1. The van der Waals surface area contributed by atoms with E-state index in [4.69, 9.17) is 16.3 Å². The van der Waals surface area contributed by atoms with Crippen LogP contribution in [0.3, 0.4) is 0 Å². The quantitative estimate of drug-likeness (QED) is 0.732. The molecule has 0 saturated heterocycles. The van der Waals surface area contributed by atoms with Crippen LogP contribution in [0.1, 0.15) is 16.1 Å². The molecule has 0 bridgehead atoms. The monoisotopic (exact) mass is 384 g/mol. The van der Waals surface area contributed by atoms with E-state index in [1.165, 1.54) is 25.3 Å². The van der Waals surface area contributed by atoms with Gasteiger partial charge in [-0.25, -0.2) is 9.78 Å². The first-order valence-corrected chi connectivity index (χ1v) is 8.11. The van der Waals surface area contributed by atoms with E-state index in [2.05, 4.69) is 15.0 Å². The topological polar surface area (TPSA) is 115 Å². The van der Waals surface area contributed by atoms with Crippen LogP contribution >= 0.6 is 22.9 Å². The summed E-state index contributed by atoms with van der Waals surface area (Å²) in [6, 6.07) is 3.89. The Morgan fingerprint density at radius 1 is 1.36 bits per heavy atom. The normalized spacial score (nSPS) is 10.2. The number of methoxy groups -OCH3 is 1. The van der Waals surface area contributed by atoms with Crippen LogP contribution in [0.4, 0.5) is 5.13 Å². The number of rotatable bonds is 6. The molecule has 0 spiro atoms. The molecule has 1 amide bonds. The molecule has 0 aliphatic carbocycles. The molecule has 0 saturated carbocycles. The van der Waals surface area contributed by atoms with Crippen molar-refractivity contribution in [1.29, 1.82) is 0 Å². The van der Waals surface area contributed by atoms with Gasteiger partial charge in [0.05, 0.1) is 19.2 Å². The fourth-order valence-electron chi connectivity index (χ4n) is 1.71. The molecule has 2 aromatic rings. The highest BCUT2D eigenvalue weighted by molar-refractivity contribution is 7.13. The van der Waals surface area contributed by atoms with E-state index >= 15 is 0 Å². The van der Waals surface area contributed by atoms with Gasteiger partial charge in [0.2, 0.25) is 0 Å². The predicted octanol–water partition coefficient (Wildman–Crippen LogP) is 2.01. The Bertz CT molecular complexity index is 807. The van der Waals surface area contributed by atoms with Crippen molar-refractivity contribution in [2.75, 3.05) is 19.0 Å². The van der Waals surface area contributed by atoms with Crippen molar-refractivity contribution in [2.45, 2.75) is 6.42 Å². The summed E-state index contributed by atoms with van der Waals surface area (Å²) in [7, 11) is 1.27. The van der Waals surface area contributed by atoms with E-state index in [1.54, 1.807) is 5.38 Å². The lowest BCUT2D eigenvalue weighted by molar-refractivity contribution is -0.139. The summed E-state index contributed by atoms with van der Waals surface area (Å²) in [5.41, 5.74) is 0.349. The molecule has 1 aromatic heterocycles. The Kier molecular flexibility index (Phi) is 6.31. The lowest BCUT2D eigenvalue weighted by Gasteiger charge is -2.06. The minimum absolute atomic E-state index is 0.00625. The van der Waals surface area contributed by atoms with Gasteiger partial charge in [-0.2, -0.15) is 0 Å². The average molecular weight is 385 g/mol. The number of thiazole rings is 1. The average Bonchev–Trinajstić information content (AvgIpc) is 2.99. The molecule has 2 rings (SSSR count). The number of ether oxygens (including phenoxy) is 2. The number of aromatic hydroxyl groups is 1. The van der Waals surface area contributed by atoms with Gasteiger partial charge >= 0.3 is 11.9 Å². The first kappa shape index (κ1) is 18.7.